The maximum Gasteiger partial charge on any atom is 0.297 e. The third-order valence-electron chi connectivity index (χ3n) is 9.02. The fraction of sp³-hybridized carbons (Fsp3) is 0. The average molecular weight is 1080 g/mol. The zero-order valence-electron chi connectivity index (χ0n) is 32.7. The maximum atomic E-state index is 12.5. The number of nitrogens with zero attached hydrogens (tertiary/aromatic N) is 7. The molecule has 11 N–H and O–H groups in total. The number of benzene rings is 6. The topological polar surface area (TPSA) is 530 Å². The van der Waals surface area contributed by atoms with Crippen LogP contribution in [-0.4, -0.2) is 98.1 Å². The number of anilines is 1. The Balaban J connectivity index is 1.50. The van der Waals surface area contributed by atoms with Crippen molar-refractivity contribution in [3.8, 4) is 17.2 Å². The molecule has 69 heavy (non-hydrogen) atoms. The SMILES string of the molecule is Nc1c(S(=O)(=O)O)cc(S(=O)(=O)O)c2ccc(N=Nc3ccc(N=Nc4c(S(=O)(=O)O)cc5cc(S(=O)(=O)O)c(N=Nc6ccc([N+](=O)[O-])cc6S(=O)(=O)O)c(O)c5c4O)c(S(=O)(=O)O)c3)c(O)c12. The van der Waals surface area contributed by atoms with Crippen LogP contribution in [0.15, 0.2) is 127 Å². The highest BCUT2D eigenvalue weighted by Gasteiger charge is 2.31. The summed E-state index contributed by atoms with van der Waals surface area (Å²) in [4.78, 5) is 2.34. The van der Waals surface area contributed by atoms with E-state index in [4.69, 9.17) is 5.73 Å². The molecule has 0 aliphatic rings. The van der Waals surface area contributed by atoms with Crippen LogP contribution in [0.3, 0.4) is 0 Å². The number of fused-ring (bicyclic) bond motifs is 2. The standard InChI is InChI=1S/C32H22N8O23S6/c33-27-22(67(55,56)57)11-19(64(46,47)48)15-3-6-18(30(41)26(15)27)37-34-13-1-4-16(20(9-13)65(49,50)51)35-38-28-23(68(58,59)60)7-12-8-24(69(61,62)63)29(32(43)25(12)31(28)42)39-36-17-5-2-14(40(44)45)10-21(17)66(52,53)54/h1-11,41-43H,33H2,(H,46,47,48)(H,49,50,51)(H,52,53,54)(H,55,56,57)(H,58,59,60)(H,61,62,63). The Bertz CT molecular complexity index is 4090. The van der Waals surface area contributed by atoms with Gasteiger partial charge in [0, 0.05) is 17.5 Å². The molecule has 0 saturated heterocycles. The van der Waals surface area contributed by atoms with E-state index in [1.807, 2.05) is 0 Å². The first-order chi connectivity index (χ1) is 31.5. The van der Waals surface area contributed by atoms with E-state index in [-0.39, 0.29) is 0 Å². The summed E-state index contributed by atoms with van der Waals surface area (Å²) in [6, 6.07) is 6.40. The lowest BCUT2D eigenvalue weighted by atomic mass is 10.1. The summed E-state index contributed by atoms with van der Waals surface area (Å²) in [5.74, 6) is -4.15. The van der Waals surface area contributed by atoms with Crippen LogP contribution >= 0.6 is 0 Å². The lowest BCUT2D eigenvalue weighted by Gasteiger charge is -2.13. The van der Waals surface area contributed by atoms with E-state index in [9.17, 15) is 103 Å². The fourth-order valence-corrected chi connectivity index (χ4v) is 10.1. The molecule has 0 heterocycles. The second kappa shape index (κ2) is 17.3. The Morgan fingerprint density at radius 2 is 0.855 bits per heavy atom. The molecule has 0 aliphatic carbocycles. The van der Waals surface area contributed by atoms with Crippen LogP contribution < -0.4 is 5.73 Å². The number of hydrogen-bond donors (Lipinski definition) is 10. The molecular weight excluding hydrogens is 1060 g/mol. The third kappa shape index (κ3) is 10.3. The molecular formula is C32H22N8O23S6. The van der Waals surface area contributed by atoms with Gasteiger partial charge in [0.2, 0.25) is 0 Å². The Morgan fingerprint density at radius 3 is 1.30 bits per heavy atom. The molecule has 6 aromatic carbocycles. The largest absolute Gasteiger partial charge is 0.505 e. The minimum Gasteiger partial charge on any atom is -0.505 e. The number of hydrogen-bond acceptors (Lipinski definition) is 24. The van der Waals surface area contributed by atoms with Crippen molar-refractivity contribution in [1.82, 2.24) is 0 Å². The van der Waals surface area contributed by atoms with Crippen molar-refractivity contribution in [2.24, 2.45) is 30.7 Å². The van der Waals surface area contributed by atoms with Gasteiger partial charge >= 0.3 is 0 Å². The van der Waals surface area contributed by atoms with Crippen molar-refractivity contribution in [3.05, 3.63) is 76.8 Å². The van der Waals surface area contributed by atoms with Gasteiger partial charge in [-0.05, 0) is 53.9 Å². The number of nitrogen functional groups attached to an aromatic ring is 1. The van der Waals surface area contributed by atoms with Crippen molar-refractivity contribution in [2.75, 3.05) is 5.73 Å². The summed E-state index contributed by atoms with van der Waals surface area (Å²) < 4.78 is 206. The van der Waals surface area contributed by atoms with Crippen LogP contribution in [0.1, 0.15) is 0 Å². The third-order valence-corrected chi connectivity index (χ3v) is 14.3. The summed E-state index contributed by atoms with van der Waals surface area (Å²) >= 11 is 0. The second-order valence-corrected chi connectivity index (χ2v) is 21.7. The molecule has 0 fully saturated rings. The van der Waals surface area contributed by atoms with Gasteiger partial charge in [-0.25, -0.2) is 0 Å². The fourth-order valence-electron chi connectivity index (χ4n) is 6.09. The highest BCUT2D eigenvalue weighted by Crippen LogP contribution is 2.51. The van der Waals surface area contributed by atoms with E-state index >= 15 is 0 Å². The van der Waals surface area contributed by atoms with Gasteiger partial charge < -0.3 is 21.1 Å². The number of nitro benzene ring substituents is 1. The number of azo groups is 3. The zero-order valence-corrected chi connectivity index (χ0v) is 37.6. The number of phenolic OH excluding ortho intramolecular Hbond substituents is 3. The molecule has 0 aromatic heterocycles. The summed E-state index contributed by atoms with van der Waals surface area (Å²) in [5.41, 5.74) is -1.77. The number of rotatable bonds is 13. The van der Waals surface area contributed by atoms with Crippen molar-refractivity contribution < 1.29 is 98.1 Å². The molecule has 0 radical (unpaired) electrons. The molecule has 0 atom stereocenters. The number of nitro groups is 1. The Morgan fingerprint density at radius 1 is 0.435 bits per heavy atom. The Hall–Kier alpha value is -7.30. The maximum absolute atomic E-state index is 12.5. The lowest BCUT2D eigenvalue weighted by molar-refractivity contribution is -0.385. The van der Waals surface area contributed by atoms with Crippen LogP contribution in [0.25, 0.3) is 21.5 Å². The zero-order chi connectivity index (χ0) is 51.7. The van der Waals surface area contributed by atoms with E-state index in [1.54, 1.807) is 0 Å². The molecule has 0 saturated carbocycles. The molecule has 0 aliphatic heterocycles. The minimum absolute atomic E-state index is 0.307. The summed E-state index contributed by atoms with van der Waals surface area (Å²) in [6.45, 7) is 0. The van der Waals surface area contributed by atoms with Crippen molar-refractivity contribution >= 4 is 128 Å². The Kier molecular flexibility index (Phi) is 12.8. The van der Waals surface area contributed by atoms with Crippen molar-refractivity contribution in [3.63, 3.8) is 0 Å². The van der Waals surface area contributed by atoms with Crippen LogP contribution in [0, 0.1) is 10.1 Å². The molecule has 6 aromatic rings. The summed E-state index contributed by atoms with van der Waals surface area (Å²) in [6.07, 6.45) is 0. The number of nitrogens with two attached hydrogens (primary N) is 1. The summed E-state index contributed by atoms with van der Waals surface area (Å²) in [7, 11) is -32.5. The van der Waals surface area contributed by atoms with Crippen LogP contribution in [0.5, 0.6) is 17.2 Å². The number of phenols is 3. The van der Waals surface area contributed by atoms with Gasteiger partial charge in [-0.15, -0.1) is 25.6 Å². The highest BCUT2D eigenvalue weighted by molar-refractivity contribution is 7.87. The van der Waals surface area contributed by atoms with E-state index in [0.717, 1.165) is 18.2 Å². The molecule has 6 rings (SSSR count). The van der Waals surface area contributed by atoms with Gasteiger partial charge in [0.1, 0.15) is 57.8 Å². The molecule has 0 spiro atoms. The Labute approximate surface area is 383 Å². The molecule has 31 nitrogen and oxygen atoms in total. The predicted molar refractivity (Wildman–Crippen MR) is 228 cm³/mol. The highest BCUT2D eigenvalue weighted by atomic mass is 32.2. The first kappa shape index (κ1) is 51.1. The minimum atomic E-state index is -5.60. The van der Waals surface area contributed by atoms with Gasteiger partial charge in [-0.3, -0.25) is 37.4 Å². The molecule has 0 unspecified atom stereocenters. The van der Waals surface area contributed by atoms with Gasteiger partial charge in [-0.2, -0.15) is 55.6 Å². The van der Waals surface area contributed by atoms with E-state index < -0.39 is 179 Å². The second-order valence-electron chi connectivity index (χ2n) is 13.4. The monoisotopic (exact) mass is 1080 g/mol. The molecule has 37 heteroatoms. The van der Waals surface area contributed by atoms with Crippen LogP contribution in [0.4, 0.5) is 45.5 Å². The van der Waals surface area contributed by atoms with E-state index in [2.05, 4.69) is 30.7 Å². The normalized spacial score (nSPS) is 13.4. The van der Waals surface area contributed by atoms with Gasteiger partial charge in [0.05, 0.1) is 27.1 Å². The quantitative estimate of drug-likeness (QED) is 0.0230. The molecule has 0 bridgehead atoms. The van der Waals surface area contributed by atoms with E-state index in [0.29, 0.717) is 48.5 Å². The van der Waals surface area contributed by atoms with Crippen molar-refractivity contribution in [2.45, 2.75) is 29.4 Å². The van der Waals surface area contributed by atoms with Gasteiger partial charge in [0.25, 0.3) is 66.4 Å². The predicted octanol–water partition coefficient (Wildman–Crippen LogP) is 5.33. The van der Waals surface area contributed by atoms with Gasteiger partial charge in [-0.1, -0.05) is 6.07 Å². The lowest BCUT2D eigenvalue weighted by Crippen LogP contribution is -2.08. The van der Waals surface area contributed by atoms with Crippen molar-refractivity contribution in [1.29, 1.82) is 0 Å². The number of aromatic hydroxyl groups is 3. The first-order valence-corrected chi connectivity index (χ1v) is 25.8. The molecule has 0 amide bonds. The smallest absolute Gasteiger partial charge is 0.297 e. The average Bonchev–Trinajstić information content (AvgIpc) is 3.20. The number of non-ortho nitro benzene ring substituents is 1. The van der Waals surface area contributed by atoms with E-state index in [1.165, 1.54) is 0 Å². The van der Waals surface area contributed by atoms with Gasteiger partial charge in [0.15, 0.2) is 17.2 Å². The first-order valence-electron chi connectivity index (χ1n) is 17.2. The van der Waals surface area contributed by atoms with Crippen LogP contribution in [0.2, 0.25) is 0 Å². The van der Waals surface area contributed by atoms with Crippen LogP contribution in [-0.2, 0) is 60.7 Å². The summed E-state index contributed by atoms with van der Waals surface area (Å²) in [5, 5.41) is 62.4. The molecule has 364 valence electrons.